The van der Waals surface area contributed by atoms with Gasteiger partial charge in [0.15, 0.2) is 6.61 Å². The molecule has 11 heteroatoms. The summed E-state index contributed by atoms with van der Waals surface area (Å²) in [7, 11) is 1.55. The van der Waals surface area contributed by atoms with Gasteiger partial charge in [0, 0.05) is 23.4 Å². The van der Waals surface area contributed by atoms with E-state index < -0.39 is 24.4 Å². The molecular formula is C22H25N3O6S2. The second-order valence-electron chi connectivity index (χ2n) is 7.18. The number of rotatable bonds is 11. The molecule has 0 radical (unpaired) electrons. The number of hydrogen-bond donors (Lipinski definition) is 3. The van der Waals surface area contributed by atoms with E-state index >= 15 is 0 Å². The molecule has 0 bridgehead atoms. The summed E-state index contributed by atoms with van der Waals surface area (Å²) < 4.78 is 10.1. The number of carbonyl (C=O) groups excluding carboxylic acids is 4. The Balaban J connectivity index is 1.55. The van der Waals surface area contributed by atoms with Gasteiger partial charge in [-0.2, -0.15) is 0 Å². The van der Waals surface area contributed by atoms with Crippen molar-refractivity contribution in [3.05, 3.63) is 45.8 Å². The summed E-state index contributed by atoms with van der Waals surface area (Å²) in [4.78, 5) is 50.3. The van der Waals surface area contributed by atoms with Gasteiger partial charge in [-0.15, -0.1) is 23.1 Å². The van der Waals surface area contributed by atoms with E-state index in [0.717, 1.165) is 29.7 Å². The molecule has 0 saturated carbocycles. The molecule has 0 unspecified atom stereocenters. The Hall–Kier alpha value is -2.89. The summed E-state index contributed by atoms with van der Waals surface area (Å²) in [5.74, 6) is -1.90. The highest BCUT2D eigenvalue weighted by Crippen LogP contribution is 2.38. The highest BCUT2D eigenvalue weighted by atomic mass is 32.2. The summed E-state index contributed by atoms with van der Waals surface area (Å²) >= 11 is 2.53. The molecule has 1 heterocycles. The molecule has 2 aromatic rings. The molecule has 33 heavy (non-hydrogen) atoms. The maximum absolute atomic E-state index is 12.6. The highest BCUT2D eigenvalue weighted by molar-refractivity contribution is 8.00. The first-order valence-corrected chi connectivity index (χ1v) is 12.1. The highest BCUT2D eigenvalue weighted by Gasteiger charge is 2.26. The number of esters is 1. The van der Waals surface area contributed by atoms with Crippen LogP contribution < -0.4 is 16.4 Å². The molecule has 1 aliphatic rings. The predicted octanol–water partition coefficient (Wildman–Crippen LogP) is 1.99. The van der Waals surface area contributed by atoms with Crippen LogP contribution in [0.3, 0.4) is 0 Å². The van der Waals surface area contributed by atoms with Crippen LogP contribution in [0, 0.1) is 0 Å². The van der Waals surface area contributed by atoms with Gasteiger partial charge >= 0.3 is 5.97 Å². The molecule has 1 aromatic carbocycles. The minimum atomic E-state index is -0.683. The quantitative estimate of drug-likeness (QED) is 0.248. The van der Waals surface area contributed by atoms with E-state index in [9.17, 15) is 19.2 Å². The Bertz CT molecular complexity index is 1050. The standard InChI is InChI=1S/C22H25N3O6S2/c1-30-10-9-24-18(27)12-32-15-7-3-2-5-14(15)22(29)31-11-17(26)25-21-19(20(23)28)13-6-4-8-16(13)33-21/h2-3,5,7H,4,6,8-12H2,1H3,(H2,23,28)(H,24,27)(H,25,26). The van der Waals surface area contributed by atoms with Crippen molar-refractivity contribution < 1.29 is 28.7 Å². The minimum Gasteiger partial charge on any atom is -0.452 e. The molecule has 0 spiro atoms. The number of methoxy groups -OCH3 is 1. The molecule has 176 valence electrons. The summed E-state index contributed by atoms with van der Waals surface area (Å²) in [5, 5.41) is 5.74. The third kappa shape index (κ3) is 6.56. The molecule has 0 aliphatic heterocycles. The van der Waals surface area contributed by atoms with Crippen molar-refractivity contribution in [2.45, 2.75) is 24.2 Å². The van der Waals surface area contributed by atoms with Crippen molar-refractivity contribution in [2.75, 3.05) is 37.9 Å². The summed E-state index contributed by atoms with van der Waals surface area (Å²) in [6, 6.07) is 6.69. The molecule has 4 N–H and O–H groups in total. The van der Waals surface area contributed by atoms with Crippen LogP contribution in [0.25, 0.3) is 0 Å². The molecule has 0 atom stereocenters. The largest absolute Gasteiger partial charge is 0.452 e. The lowest BCUT2D eigenvalue weighted by atomic mass is 10.1. The summed E-state index contributed by atoms with van der Waals surface area (Å²) in [5.41, 5.74) is 7.00. The van der Waals surface area contributed by atoms with E-state index in [2.05, 4.69) is 10.6 Å². The van der Waals surface area contributed by atoms with E-state index in [1.165, 1.54) is 23.1 Å². The van der Waals surface area contributed by atoms with Crippen molar-refractivity contribution in [1.82, 2.24) is 5.32 Å². The number of fused-ring (bicyclic) bond motifs is 1. The Morgan fingerprint density at radius 3 is 2.70 bits per heavy atom. The molecule has 0 saturated heterocycles. The van der Waals surface area contributed by atoms with Crippen LogP contribution in [-0.2, 0) is 31.9 Å². The molecule has 9 nitrogen and oxygen atoms in total. The maximum atomic E-state index is 12.6. The Morgan fingerprint density at radius 1 is 1.15 bits per heavy atom. The third-order valence-electron chi connectivity index (χ3n) is 4.85. The van der Waals surface area contributed by atoms with Gasteiger partial charge in [-0.25, -0.2) is 4.79 Å². The summed E-state index contributed by atoms with van der Waals surface area (Å²) in [6.07, 6.45) is 2.57. The number of carbonyl (C=O) groups is 4. The molecule has 0 fully saturated rings. The van der Waals surface area contributed by atoms with E-state index in [1.54, 1.807) is 31.4 Å². The van der Waals surface area contributed by atoms with Gasteiger partial charge in [-0.05, 0) is 37.0 Å². The van der Waals surface area contributed by atoms with Gasteiger partial charge in [0.25, 0.3) is 11.8 Å². The van der Waals surface area contributed by atoms with E-state index in [0.29, 0.717) is 28.6 Å². The second kappa shape index (κ2) is 11.8. The van der Waals surface area contributed by atoms with Crippen LogP contribution in [0.1, 0.15) is 37.6 Å². The van der Waals surface area contributed by atoms with Crippen molar-refractivity contribution in [2.24, 2.45) is 5.73 Å². The van der Waals surface area contributed by atoms with Gasteiger partial charge in [-0.1, -0.05) is 12.1 Å². The smallest absolute Gasteiger partial charge is 0.339 e. The minimum absolute atomic E-state index is 0.118. The average Bonchev–Trinajstić information content (AvgIpc) is 3.37. The number of benzene rings is 1. The SMILES string of the molecule is COCCNC(=O)CSc1ccccc1C(=O)OCC(=O)Nc1sc2c(c1C(N)=O)CCC2. The number of anilines is 1. The monoisotopic (exact) mass is 491 g/mol. The first-order valence-electron chi connectivity index (χ1n) is 10.3. The van der Waals surface area contributed by atoms with Gasteiger partial charge in [-0.3, -0.25) is 14.4 Å². The van der Waals surface area contributed by atoms with Crippen molar-refractivity contribution in [1.29, 1.82) is 0 Å². The number of aryl methyl sites for hydroxylation is 1. The summed E-state index contributed by atoms with van der Waals surface area (Å²) in [6.45, 7) is 0.298. The maximum Gasteiger partial charge on any atom is 0.339 e. The van der Waals surface area contributed by atoms with Crippen molar-refractivity contribution >= 4 is 51.8 Å². The van der Waals surface area contributed by atoms with Crippen LogP contribution >= 0.6 is 23.1 Å². The number of thiophene rings is 1. The molecule has 1 aromatic heterocycles. The van der Waals surface area contributed by atoms with Crippen molar-refractivity contribution in [3.63, 3.8) is 0 Å². The second-order valence-corrected chi connectivity index (χ2v) is 9.30. The topological polar surface area (TPSA) is 137 Å². The van der Waals surface area contributed by atoms with Crippen LogP contribution in [0.15, 0.2) is 29.2 Å². The number of nitrogens with two attached hydrogens (primary N) is 1. The zero-order valence-corrected chi connectivity index (χ0v) is 19.7. The normalized spacial score (nSPS) is 12.2. The van der Waals surface area contributed by atoms with E-state index in [4.69, 9.17) is 15.2 Å². The number of ether oxygens (including phenoxy) is 2. The zero-order chi connectivity index (χ0) is 23.8. The van der Waals surface area contributed by atoms with Crippen LogP contribution in [-0.4, -0.2) is 56.3 Å². The zero-order valence-electron chi connectivity index (χ0n) is 18.1. The molecule has 1 aliphatic carbocycles. The van der Waals surface area contributed by atoms with Gasteiger partial charge in [0.2, 0.25) is 5.91 Å². The number of amides is 3. The first kappa shape index (κ1) is 24.7. The molecular weight excluding hydrogens is 466 g/mol. The number of nitrogens with one attached hydrogen (secondary N) is 2. The van der Waals surface area contributed by atoms with Crippen LogP contribution in [0.5, 0.6) is 0 Å². The molecule has 3 rings (SSSR count). The fourth-order valence-electron chi connectivity index (χ4n) is 3.37. The number of hydrogen-bond acceptors (Lipinski definition) is 8. The van der Waals surface area contributed by atoms with Gasteiger partial charge in [0.05, 0.1) is 23.5 Å². The number of thioether (sulfide) groups is 1. The lowest BCUT2D eigenvalue weighted by molar-refractivity contribution is -0.119. The average molecular weight is 492 g/mol. The Kier molecular flexibility index (Phi) is 8.87. The van der Waals surface area contributed by atoms with E-state index in [1.807, 2.05) is 0 Å². The van der Waals surface area contributed by atoms with E-state index in [-0.39, 0.29) is 17.2 Å². The van der Waals surface area contributed by atoms with Gasteiger partial charge in [0.1, 0.15) is 5.00 Å². The molecule has 3 amide bonds. The predicted molar refractivity (Wildman–Crippen MR) is 126 cm³/mol. The van der Waals surface area contributed by atoms with Gasteiger partial charge < -0.3 is 25.8 Å². The Morgan fingerprint density at radius 2 is 1.94 bits per heavy atom. The number of primary amides is 1. The fourth-order valence-corrected chi connectivity index (χ4v) is 5.55. The van der Waals surface area contributed by atoms with Crippen LogP contribution in [0.4, 0.5) is 5.00 Å². The van der Waals surface area contributed by atoms with Crippen molar-refractivity contribution in [3.8, 4) is 0 Å². The Labute approximate surface area is 199 Å². The third-order valence-corrected chi connectivity index (χ3v) is 7.13. The van der Waals surface area contributed by atoms with Crippen LogP contribution in [0.2, 0.25) is 0 Å². The first-order chi connectivity index (χ1) is 15.9. The lowest BCUT2D eigenvalue weighted by Gasteiger charge is -2.10. The fraction of sp³-hybridized carbons (Fsp3) is 0.364. The lowest BCUT2D eigenvalue weighted by Crippen LogP contribution is -2.28.